The lowest BCUT2D eigenvalue weighted by molar-refractivity contribution is 0.389. The lowest BCUT2D eigenvalue weighted by Crippen LogP contribution is -2.15. The molecular weight excluding hydrogens is 132 g/mol. The first-order chi connectivity index (χ1) is 4.33. The Kier molecular flexibility index (Phi) is 2.58. The minimum atomic E-state index is 0.432. The molecule has 0 aliphatic heterocycles. The van der Waals surface area contributed by atoms with Gasteiger partial charge in [0.25, 0.3) is 0 Å². The molecule has 0 radical (unpaired) electrons. The van der Waals surface area contributed by atoms with Gasteiger partial charge in [0, 0.05) is 17.1 Å². The molecule has 0 bridgehead atoms. The van der Waals surface area contributed by atoms with Crippen molar-refractivity contribution in [3.05, 3.63) is 0 Å². The molecule has 0 unspecified atom stereocenters. The lowest BCUT2D eigenvalue weighted by Gasteiger charge is -2.15. The van der Waals surface area contributed by atoms with Crippen LogP contribution >= 0.6 is 0 Å². The third kappa shape index (κ3) is 2.01. The van der Waals surface area contributed by atoms with Crippen LogP contribution in [0.25, 0.3) is 0 Å². The van der Waals surface area contributed by atoms with E-state index in [9.17, 15) is 4.21 Å². The molecular formula is C7H13OS+. The monoisotopic (exact) mass is 145 g/mol. The zero-order chi connectivity index (χ0) is 6.69. The Bertz CT molecular complexity index is 95.1. The van der Waals surface area contributed by atoms with Crippen molar-refractivity contribution in [2.24, 2.45) is 5.92 Å². The zero-order valence-electron chi connectivity index (χ0n) is 5.80. The summed E-state index contributed by atoms with van der Waals surface area (Å²) in [6, 6.07) is 0. The topological polar surface area (TPSA) is 17.1 Å². The van der Waals surface area contributed by atoms with Gasteiger partial charge in [-0.05, 0) is 18.8 Å². The van der Waals surface area contributed by atoms with Gasteiger partial charge in [-0.2, -0.15) is 0 Å². The Morgan fingerprint density at radius 1 is 1.22 bits per heavy atom. The molecule has 1 aliphatic carbocycles. The molecule has 1 saturated carbocycles. The van der Waals surface area contributed by atoms with Crippen molar-refractivity contribution >= 4 is 11.7 Å². The van der Waals surface area contributed by atoms with Crippen LogP contribution in [0.15, 0.2) is 0 Å². The summed E-state index contributed by atoms with van der Waals surface area (Å²) >= 11 is 0.798. The smallest absolute Gasteiger partial charge is 0.0625 e. The molecule has 0 aromatic heterocycles. The molecule has 2 heteroatoms. The van der Waals surface area contributed by atoms with Gasteiger partial charge in [0.2, 0.25) is 5.25 Å². The predicted molar refractivity (Wildman–Crippen MR) is 39.5 cm³/mol. The average Bonchev–Trinajstić information content (AvgIpc) is 1.90. The molecule has 1 rings (SSSR count). The van der Waals surface area contributed by atoms with Crippen LogP contribution in [0, 0.1) is 5.92 Å². The standard InChI is InChI=1S/C7H13OS/c1-6-2-4-7(9-8)5-3-6/h6-7H,2-5H2,1H3/q+1. The summed E-state index contributed by atoms with van der Waals surface area (Å²) in [6.07, 6.45) is 4.82. The summed E-state index contributed by atoms with van der Waals surface area (Å²) in [5.41, 5.74) is 0. The van der Waals surface area contributed by atoms with Gasteiger partial charge in [-0.25, -0.2) is 0 Å². The second kappa shape index (κ2) is 3.25. The van der Waals surface area contributed by atoms with Gasteiger partial charge in [-0.3, -0.25) is 0 Å². The van der Waals surface area contributed by atoms with Gasteiger partial charge in [0.1, 0.15) is 0 Å². The third-order valence-corrected chi connectivity index (χ3v) is 2.84. The van der Waals surface area contributed by atoms with E-state index in [4.69, 9.17) is 0 Å². The summed E-state index contributed by atoms with van der Waals surface area (Å²) in [4.78, 5) is 0. The summed E-state index contributed by atoms with van der Waals surface area (Å²) in [6.45, 7) is 2.27. The Labute approximate surface area is 60.3 Å². The molecule has 0 saturated heterocycles. The highest BCUT2D eigenvalue weighted by molar-refractivity contribution is 7.66. The summed E-state index contributed by atoms with van der Waals surface area (Å²) in [5.74, 6) is 0.869. The van der Waals surface area contributed by atoms with Crippen molar-refractivity contribution in [3.8, 4) is 0 Å². The molecule has 1 aliphatic rings. The highest BCUT2D eigenvalue weighted by Crippen LogP contribution is 2.24. The van der Waals surface area contributed by atoms with Gasteiger partial charge in [0.05, 0.1) is 0 Å². The largest absolute Gasteiger partial charge is 0.462 e. The molecule has 9 heavy (non-hydrogen) atoms. The Morgan fingerprint density at radius 2 is 1.78 bits per heavy atom. The van der Waals surface area contributed by atoms with E-state index in [-0.39, 0.29) is 0 Å². The summed E-state index contributed by atoms with van der Waals surface area (Å²) in [5, 5.41) is 0.432. The normalized spacial score (nSPS) is 36.1. The van der Waals surface area contributed by atoms with Crippen LogP contribution in [0.3, 0.4) is 0 Å². The van der Waals surface area contributed by atoms with Gasteiger partial charge < -0.3 is 0 Å². The fraction of sp³-hybridized carbons (Fsp3) is 1.00. The molecule has 0 aromatic rings. The van der Waals surface area contributed by atoms with E-state index in [1.807, 2.05) is 0 Å². The summed E-state index contributed by atoms with van der Waals surface area (Å²) in [7, 11) is 0. The molecule has 0 heterocycles. The van der Waals surface area contributed by atoms with Crippen LogP contribution < -0.4 is 0 Å². The highest BCUT2D eigenvalue weighted by Gasteiger charge is 2.26. The van der Waals surface area contributed by atoms with E-state index < -0.39 is 0 Å². The van der Waals surface area contributed by atoms with E-state index in [1.54, 1.807) is 0 Å². The molecule has 0 amide bonds. The van der Waals surface area contributed by atoms with Gasteiger partial charge in [0.15, 0.2) is 0 Å². The van der Waals surface area contributed by atoms with Crippen LogP contribution in [0.4, 0.5) is 0 Å². The maximum absolute atomic E-state index is 10.3. The fourth-order valence-electron chi connectivity index (χ4n) is 1.33. The minimum absolute atomic E-state index is 0.432. The first-order valence-electron chi connectivity index (χ1n) is 3.61. The number of hydrogen-bond acceptors (Lipinski definition) is 1. The second-order valence-electron chi connectivity index (χ2n) is 2.98. The van der Waals surface area contributed by atoms with Crippen molar-refractivity contribution in [1.29, 1.82) is 0 Å². The van der Waals surface area contributed by atoms with Gasteiger partial charge >= 0.3 is 11.7 Å². The Hall–Kier alpha value is 0.0200. The van der Waals surface area contributed by atoms with Crippen LogP contribution in [0.2, 0.25) is 0 Å². The molecule has 1 fully saturated rings. The first kappa shape index (κ1) is 7.13. The third-order valence-electron chi connectivity index (χ3n) is 2.10. The van der Waals surface area contributed by atoms with Crippen molar-refractivity contribution in [2.45, 2.75) is 37.9 Å². The predicted octanol–water partition coefficient (Wildman–Crippen LogP) is 1.99. The van der Waals surface area contributed by atoms with Crippen molar-refractivity contribution < 1.29 is 4.21 Å². The maximum Gasteiger partial charge on any atom is 0.462 e. The molecule has 52 valence electrons. The van der Waals surface area contributed by atoms with Crippen LogP contribution in [0.1, 0.15) is 32.6 Å². The number of rotatable bonds is 1. The maximum atomic E-state index is 10.3. The molecule has 0 N–H and O–H groups in total. The highest BCUT2D eigenvalue weighted by atomic mass is 32.1. The van der Waals surface area contributed by atoms with E-state index in [0.29, 0.717) is 5.25 Å². The molecule has 0 spiro atoms. The minimum Gasteiger partial charge on any atom is -0.0625 e. The average molecular weight is 145 g/mol. The SMILES string of the molecule is CC1CCC([S+]=O)CC1. The first-order valence-corrected chi connectivity index (χ1v) is 4.42. The van der Waals surface area contributed by atoms with Crippen molar-refractivity contribution in [3.63, 3.8) is 0 Å². The van der Waals surface area contributed by atoms with E-state index in [2.05, 4.69) is 6.92 Å². The van der Waals surface area contributed by atoms with Crippen LogP contribution in [-0.4, -0.2) is 5.25 Å². The van der Waals surface area contributed by atoms with Crippen LogP contribution in [-0.2, 0) is 15.9 Å². The molecule has 0 aromatic carbocycles. The number of hydrogen-bond donors (Lipinski definition) is 0. The van der Waals surface area contributed by atoms with Gasteiger partial charge in [-0.15, -0.1) is 0 Å². The lowest BCUT2D eigenvalue weighted by atomic mass is 9.91. The van der Waals surface area contributed by atoms with Gasteiger partial charge in [-0.1, -0.05) is 6.92 Å². The summed E-state index contributed by atoms with van der Waals surface area (Å²) < 4.78 is 10.3. The fourth-order valence-corrected chi connectivity index (χ4v) is 1.79. The zero-order valence-corrected chi connectivity index (χ0v) is 6.62. The quantitative estimate of drug-likeness (QED) is 0.516. The van der Waals surface area contributed by atoms with E-state index >= 15 is 0 Å². The Morgan fingerprint density at radius 3 is 2.22 bits per heavy atom. The molecule has 1 nitrogen and oxygen atoms in total. The van der Waals surface area contributed by atoms with E-state index in [0.717, 1.165) is 30.4 Å². The van der Waals surface area contributed by atoms with Crippen molar-refractivity contribution in [1.82, 2.24) is 0 Å². The van der Waals surface area contributed by atoms with Crippen molar-refractivity contribution in [2.75, 3.05) is 0 Å². The molecule has 0 atom stereocenters. The van der Waals surface area contributed by atoms with Crippen LogP contribution in [0.5, 0.6) is 0 Å². The van der Waals surface area contributed by atoms with E-state index in [1.165, 1.54) is 12.8 Å². The Balaban J connectivity index is 2.26. The second-order valence-corrected chi connectivity index (χ2v) is 3.84.